The molecule has 2 rings (SSSR count). The molecule has 1 aromatic heterocycles. The SMILES string of the molecule is CCCS(=O)(=O)Nc1ccc(N2CCOCC2)nn1. The van der Waals surface area contributed by atoms with Crippen LogP contribution in [0.25, 0.3) is 0 Å². The zero-order valence-corrected chi connectivity index (χ0v) is 11.7. The number of morpholine rings is 1. The quantitative estimate of drug-likeness (QED) is 0.847. The molecule has 0 spiro atoms. The average molecular weight is 286 g/mol. The van der Waals surface area contributed by atoms with Gasteiger partial charge in [-0.05, 0) is 18.6 Å². The molecule has 1 aliphatic heterocycles. The summed E-state index contributed by atoms with van der Waals surface area (Å²) in [4.78, 5) is 2.06. The molecule has 0 saturated carbocycles. The van der Waals surface area contributed by atoms with Gasteiger partial charge in [-0.3, -0.25) is 4.72 Å². The topological polar surface area (TPSA) is 84.4 Å². The van der Waals surface area contributed by atoms with Crippen LogP contribution in [0.5, 0.6) is 0 Å². The number of nitrogens with one attached hydrogen (secondary N) is 1. The molecule has 0 aromatic carbocycles. The molecule has 1 aromatic rings. The number of ether oxygens (including phenoxy) is 1. The Morgan fingerprint density at radius 3 is 2.63 bits per heavy atom. The van der Waals surface area contributed by atoms with Gasteiger partial charge in [0.05, 0.1) is 19.0 Å². The molecule has 1 N–H and O–H groups in total. The number of aromatic nitrogens is 2. The van der Waals surface area contributed by atoms with Gasteiger partial charge in [-0.15, -0.1) is 10.2 Å². The van der Waals surface area contributed by atoms with E-state index < -0.39 is 10.0 Å². The van der Waals surface area contributed by atoms with Crippen molar-refractivity contribution < 1.29 is 13.2 Å². The summed E-state index contributed by atoms with van der Waals surface area (Å²) in [5.74, 6) is 1.08. The molecule has 0 aliphatic carbocycles. The van der Waals surface area contributed by atoms with Gasteiger partial charge in [0.2, 0.25) is 10.0 Å². The Bertz CT molecular complexity index is 497. The normalized spacial score (nSPS) is 16.4. The first-order chi connectivity index (χ1) is 9.11. The van der Waals surface area contributed by atoms with Crippen molar-refractivity contribution in [1.82, 2.24) is 10.2 Å². The van der Waals surface area contributed by atoms with Crippen molar-refractivity contribution >= 4 is 21.7 Å². The van der Waals surface area contributed by atoms with E-state index >= 15 is 0 Å². The Morgan fingerprint density at radius 1 is 1.32 bits per heavy atom. The number of hydrogen-bond donors (Lipinski definition) is 1. The second kappa shape index (κ2) is 6.16. The molecule has 1 fully saturated rings. The third-order valence-corrected chi connectivity index (χ3v) is 4.18. The maximum absolute atomic E-state index is 11.6. The minimum Gasteiger partial charge on any atom is -0.378 e. The Morgan fingerprint density at radius 2 is 2.05 bits per heavy atom. The summed E-state index contributed by atoms with van der Waals surface area (Å²) >= 11 is 0. The maximum atomic E-state index is 11.6. The van der Waals surface area contributed by atoms with Crippen LogP contribution in [0.4, 0.5) is 11.6 Å². The van der Waals surface area contributed by atoms with Crippen LogP contribution in [-0.2, 0) is 14.8 Å². The lowest BCUT2D eigenvalue weighted by molar-refractivity contribution is 0.122. The molecule has 106 valence electrons. The molecule has 0 amide bonds. The van der Waals surface area contributed by atoms with Gasteiger partial charge in [-0.1, -0.05) is 6.92 Å². The van der Waals surface area contributed by atoms with E-state index in [0.717, 1.165) is 18.9 Å². The Balaban J connectivity index is 2.02. The van der Waals surface area contributed by atoms with Gasteiger partial charge in [0.15, 0.2) is 11.6 Å². The fraction of sp³-hybridized carbons (Fsp3) is 0.636. The fourth-order valence-electron chi connectivity index (χ4n) is 1.82. The molecule has 19 heavy (non-hydrogen) atoms. The third-order valence-electron chi connectivity index (χ3n) is 2.72. The second-order valence-corrected chi connectivity index (χ2v) is 6.14. The van der Waals surface area contributed by atoms with E-state index in [-0.39, 0.29) is 11.6 Å². The van der Waals surface area contributed by atoms with E-state index in [1.54, 1.807) is 12.1 Å². The van der Waals surface area contributed by atoms with Gasteiger partial charge in [-0.25, -0.2) is 8.42 Å². The van der Waals surface area contributed by atoms with E-state index in [1.165, 1.54) is 0 Å². The molecule has 0 radical (unpaired) electrons. The van der Waals surface area contributed by atoms with Crippen molar-refractivity contribution in [3.63, 3.8) is 0 Å². The molecule has 1 aliphatic rings. The van der Waals surface area contributed by atoms with Crippen molar-refractivity contribution in [2.45, 2.75) is 13.3 Å². The van der Waals surface area contributed by atoms with E-state index in [9.17, 15) is 8.42 Å². The number of rotatable bonds is 5. The molecule has 8 heteroatoms. The fourth-order valence-corrected chi connectivity index (χ4v) is 2.89. The predicted octanol–water partition coefficient (Wildman–Crippen LogP) is 0.465. The van der Waals surface area contributed by atoms with Gasteiger partial charge in [0, 0.05) is 13.1 Å². The number of sulfonamides is 1. The molecule has 1 saturated heterocycles. The predicted molar refractivity (Wildman–Crippen MR) is 72.8 cm³/mol. The number of hydrogen-bond acceptors (Lipinski definition) is 6. The average Bonchev–Trinajstić information content (AvgIpc) is 2.40. The van der Waals surface area contributed by atoms with Crippen LogP contribution in [0.1, 0.15) is 13.3 Å². The highest BCUT2D eigenvalue weighted by Crippen LogP contribution is 2.14. The Hall–Kier alpha value is -1.41. The Kier molecular flexibility index (Phi) is 4.54. The van der Waals surface area contributed by atoms with Gasteiger partial charge < -0.3 is 9.64 Å². The van der Waals surface area contributed by atoms with Crippen molar-refractivity contribution in [3.05, 3.63) is 12.1 Å². The molecule has 0 unspecified atom stereocenters. The largest absolute Gasteiger partial charge is 0.378 e. The highest BCUT2D eigenvalue weighted by atomic mass is 32.2. The summed E-state index contributed by atoms with van der Waals surface area (Å²) in [5, 5.41) is 7.94. The maximum Gasteiger partial charge on any atom is 0.233 e. The van der Waals surface area contributed by atoms with E-state index in [1.807, 2.05) is 6.92 Å². The van der Waals surface area contributed by atoms with Crippen LogP contribution in [0.15, 0.2) is 12.1 Å². The zero-order chi connectivity index (χ0) is 13.7. The number of anilines is 2. The lowest BCUT2D eigenvalue weighted by Crippen LogP contribution is -2.36. The van der Waals surface area contributed by atoms with Crippen LogP contribution in [0.2, 0.25) is 0 Å². The number of nitrogens with zero attached hydrogens (tertiary/aromatic N) is 3. The zero-order valence-electron chi connectivity index (χ0n) is 10.9. The first kappa shape index (κ1) is 14.0. The lowest BCUT2D eigenvalue weighted by Gasteiger charge is -2.27. The van der Waals surface area contributed by atoms with Gasteiger partial charge >= 0.3 is 0 Å². The van der Waals surface area contributed by atoms with Crippen molar-refractivity contribution in [2.75, 3.05) is 41.7 Å². The van der Waals surface area contributed by atoms with Crippen LogP contribution < -0.4 is 9.62 Å². The van der Waals surface area contributed by atoms with Crippen LogP contribution >= 0.6 is 0 Å². The minimum absolute atomic E-state index is 0.0832. The van der Waals surface area contributed by atoms with Crippen molar-refractivity contribution in [1.29, 1.82) is 0 Å². The lowest BCUT2D eigenvalue weighted by atomic mass is 10.4. The molecule has 7 nitrogen and oxygen atoms in total. The summed E-state index contributed by atoms with van der Waals surface area (Å²) in [5.41, 5.74) is 0. The van der Waals surface area contributed by atoms with E-state index in [2.05, 4.69) is 19.8 Å². The van der Waals surface area contributed by atoms with Crippen LogP contribution in [0.3, 0.4) is 0 Å². The minimum atomic E-state index is -3.31. The summed E-state index contributed by atoms with van der Waals surface area (Å²) in [6.45, 7) is 4.71. The van der Waals surface area contributed by atoms with Gasteiger partial charge in [0.1, 0.15) is 0 Å². The van der Waals surface area contributed by atoms with Crippen LogP contribution in [-0.4, -0.2) is 50.7 Å². The molecule has 0 bridgehead atoms. The molecule has 0 atom stereocenters. The monoisotopic (exact) mass is 286 g/mol. The van der Waals surface area contributed by atoms with Gasteiger partial charge in [0.25, 0.3) is 0 Å². The van der Waals surface area contributed by atoms with Crippen molar-refractivity contribution in [3.8, 4) is 0 Å². The van der Waals surface area contributed by atoms with Crippen LogP contribution in [0, 0.1) is 0 Å². The summed E-state index contributed by atoms with van der Waals surface area (Å²) in [7, 11) is -3.31. The summed E-state index contributed by atoms with van der Waals surface area (Å²) in [6, 6.07) is 3.40. The highest BCUT2D eigenvalue weighted by molar-refractivity contribution is 7.92. The van der Waals surface area contributed by atoms with E-state index in [0.29, 0.717) is 19.6 Å². The standard InChI is InChI=1S/C11H18N4O3S/c1-2-9-19(16,17)14-10-3-4-11(13-12-10)15-5-7-18-8-6-15/h3-4H,2,5-9H2,1H3,(H,12,14). The first-order valence-corrected chi connectivity index (χ1v) is 7.93. The van der Waals surface area contributed by atoms with E-state index in [4.69, 9.17) is 4.74 Å². The highest BCUT2D eigenvalue weighted by Gasteiger charge is 2.14. The second-order valence-electron chi connectivity index (χ2n) is 4.30. The van der Waals surface area contributed by atoms with Gasteiger partial charge in [-0.2, -0.15) is 0 Å². The molecular weight excluding hydrogens is 268 g/mol. The Labute approximate surface area is 113 Å². The molecule has 2 heterocycles. The third kappa shape index (κ3) is 4.03. The first-order valence-electron chi connectivity index (χ1n) is 6.27. The summed E-state index contributed by atoms with van der Waals surface area (Å²) < 4.78 is 30.8. The molecular formula is C11H18N4O3S. The summed E-state index contributed by atoms with van der Waals surface area (Å²) in [6.07, 6.45) is 0.564. The smallest absolute Gasteiger partial charge is 0.233 e. The van der Waals surface area contributed by atoms with Crippen molar-refractivity contribution in [2.24, 2.45) is 0 Å².